The Morgan fingerprint density at radius 2 is 1.55 bits per heavy atom. The molecule has 0 heterocycles. The van der Waals surface area contributed by atoms with Gasteiger partial charge in [-0.15, -0.1) is 0 Å². The van der Waals surface area contributed by atoms with E-state index in [1.807, 2.05) is 0 Å². The molecular formula is C12H24NO6P. The molecule has 0 saturated carbocycles. The molecule has 0 aromatic rings. The van der Waals surface area contributed by atoms with E-state index in [1.165, 1.54) is 6.92 Å². The van der Waals surface area contributed by atoms with Crippen molar-refractivity contribution < 1.29 is 27.9 Å². The fraction of sp³-hybridized carbons (Fsp3) is 0.833. The predicted octanol–water partition coefficient (Wildman–Crippen LogP) is 2.99. The molecule has 7 nitrogen and oxygen atoms in total. The number of carbonyl (C=O) groups excluding carboxylic acids is 2. The van der Waals surface area contributed by atoms with Crippen molar-refractivity contribution in [2.24, 2.45) is 0 Å². The van der Waals surface area contributed by atoms with Crippen molar-refractivity contribution >= 4 is 19.6 Å². The maximum Gasteiger partial charge on any atom is 0.440 e. The zero-order valence-electron chi connectivity index (χ0n) is 13.0. The largest absolute Gasteiger partial charge is 0.443 e. The van der Waals surface area contributed by atoms with Crippen molar-refractivity contribution in [2.75, 3.05) is 19.8 Å². The minimum absolute atomic E-state index is 0.0779. The van der Waals surface area contributed by atoms with E-state index in [1.54, 1.807) is 34.6 Å². The molecule has 0 aromatic heterocycles. The second-order valence-electron chi connectivity index (χ2n) is 5.04. The molecule has 0 N–H and O–H groups in total. The fourth-order valence-electron chi connectivity index (χ4n) is 1.28. The van der Waals surface area contributed by atoms with E-state index in [9.17, 15) is 14.2 Å². The van der Waals surface area contributed by atoms with E-state index in [0.29, 0.717) is 0 Å². The normalized spacial score (nSPS) is 12.1. The van der Waals surface area contributed by atoms with Crippen LogP contribution in [-0.4, -0.2) is 41.9 Å². The topological polar surface area (TPSA) is 82.1 Å². The van der Waals surface area contributed by atoms with Gasteiger partial charge in [0.15, 0.2) is 0 Å². The minimum atomic E-state index is -3.89. The van der Waals surface area contributed by atoms with Crippen LogP contribution in [0.25, 0.3) is 0 Å². The summed E-state index contributed by atoms with van der Waals surface area (Å²) in [6, 6.07) is 0. The third-order valence-electron chi connectivity index (χ3n) is 1.86. The predicted molar refractivity (Wildman–Crippen MR) is 74.5 cm³/mol. The molecule has 0 fully saturated rings. The number of carbonyl (C=O) groups is 2. The number of hydrogen-bond donors (Lipinski definition) is 0. The first-order valence-corrected chi connectivity index (χ1v) is 7.94. The highest BCUT2D eigenvalue weighted by Crippen LogP contribution is 2.52. The summed E-state index contributed by atoms with van der Waals surface area (Å²) < 4.78 is 28.6. The maximum absolute atomic E-state index is 12.6. The molecule has 0 rings (SSSR count). The molecule has 0 bridgehead atoms. The Kier molecular flexibility index (Phi) is 7.41. The van der Waals surface area contributed by atoms with Crippen molar-refractivity contribution in [3.8, 4) is 0 Å². The first kappa shape index (κ1) is 19.1. The quantitative estimate of drug-likeness (QED) is 0.672. The Morgan fingerprint density at radius 1 is 1.10 bits per heavy atom. The number of Topliss-reactive ketones (excluding diaryl/α,β-unsaturated/α-hetero) is 1. The molecular weight excluding hydrogens is 285 g/mol. The fourth-order valence-corrected chi connectivity index (χ4v) is 2.90. The van der Waals surface area contributed by atoms with Gasteiger partial charge in [0.2, 0.25) is 0 Å². The van der Waals surface area contributed by atoms with E-state index >= 15 is 0 Å². The Bertz CT molecular complexity index is 380. The molecule has 0 aliphatic rings. The summed E-state index contributed by atoms with van der Waals surface area (Å²) in [5, 5.41) is 0. The molecule has 118 valence electrons. The lowest BCUT2D eigenvalue weighted by atomic mass is 10.2. The van der Waals surface area contributed by atoms with Gasteiger partial charge in [-0.05, 0) is 41.5 Å². The van der Waals surface area contributed by atoms with Gasteiger partial charge in [0.05, 0.1) is 19.8 Å². The molecule has 8 heteroatoms. The summed E-state index contributed by atoms with van der Waals surface area (Å²) >= 11 is 0. The number of rotatable bonds is 7. The van der Waals surface area contributed by atoms with Crippen LogP contribution in [0.1, 0.15) is 41.5 Å². The van der Waals surface area contributed by atoms with Crippen LogP contribution in [0.15, 0.2) is 0 Å². The van der Waals surface area contributed by atoms with Crippen LogP contribution in [0.4, 0.5) is 4.79 Å². The van der Waals surface area contributed by atoms with E-state index in [0.717, 1.165) is 4.67 Å². The molecule has 0 saturated heterocycles. The van der Waals surface area contributed by atoms with Gasteiger partial charge in [0.25, 0.3) is 0 Å². The Balaban J connectivity index is 5.34. The van der Waals surface area contributed by atoms with Crippen LogP contribution in [0.5, 0.6) is 0 Å². The van der Waals surface area contributed by atoms with Crippen molar-refractivity contribution in [3.63, 3.8) is 0 Å². The summed E-state index contributed by atoms with van der Waals surface area (Å²) in [5.74, 6) is -0.351. The molecule has 0 aliphatic heterocycles. The lowest BCUT2D eigenvalue weighted by molar-refractivity contribution is -0.117. The third kappa shape index (κ3) is 6.50. The average Bonchev–Trinajstić information content (AvgIpc) is 2.23. The molecule has 0 radical (unpaired) electrons. The molecule has 0 atom stereocenters. The summed E-state index contributed by atoms with van der Waals surface area (Å²) in [5.41, 5.74) is -0.782. The monoisotopic (exact) mass is 309 g/mol. The van der Waals surface area contributed by atoms with Crippen LogP contribution in [0.3, 0.4) is 0 Å². The molecule has 0 aromatic carbocycles. The summed E-state index contributed by atoms with van der Waals surface area (Å²) in [6.45, 7) is 9.28. The summed E-state index contributed by atoms with van der Waals surface area (Å²) in [4.78, 5) is 23.4. The zero-order chi connectivity index (χ0) is 16.0. The molecule has 0 spiro atoms. The minimum Gasteiger partial charge on any atom is -0.443 e. The standard InChI is InChI=1S/C12H24NO6P/c1-7-17-20(16,18-8-2)13(9-10(3)14)11(15)19-12(4,5)6/h7-9H2,1-6H3. The SMILES string of the molecule is CCOP(=O)(OCC)N(CC(C)=O)C(=O)OC(C)(C)C. The van der Waals surface area contributed by atoms with Gasteiger partial charge in [-0.25, -0.2) is 14.0 Å². The van der Waals surface area contributed by atoms with Crippen LogP contribution in [-0.2, 0) is 23.1 Å². The Hall–Kier alpha value is -0.910. The lowest BCUT2D eigenvalue weighted by Crippen LogP contribution is -2.38. The zero-order valence-corrected chi connectivity index (χ0v) is 13.9. The van der Waals surface area contributed by atoms with Gasteiger partial charge in [0.1, 0.15) is 11.4 Å². The smallest absolute Gasteiger partial charge is 0.440 e. The maximum atomic E-state index is 12.6. The van der Waals surface area contributed by atoms with Gasteiger partial charge in [-0.2, -0.15) is 0 Å². The van der Waals surface area contributed by atoms with Gasteiger partial charge in [0, 0.05) is 0 Å². The number of nitrogens with zero attached hydrogens (tertiary/aromatic N) is 1. The second kappa shape index (κ2) is 7.76. The number of ketones is 1. The van der Waals surface area contributed by atoms with Gasteiger partial charge < -0.3 is 4.74 Å². The van der Waals surface area contributed by atoms with Crippen LogP contribution < -0.4 is 0 Å². The van der Waals surface area contributed by atoms with E-state index in [2.05, 4.69) is 0 Å². The number of ether oxygens (including phenoxy) is 1. The highest BCUT2D eigenvalue weighted by Gasteiger charge is 2.40. The van der Waals surface area contributed by atoms with Crippen molar-refractivity contribution in [1.29, 1.82) is 0 Å². The van der Waals surface area contributed by atoms with Crippen LogP contribution in [0, 0.1) is 0 Å². The molecule has 0 aliphatic carbocycles. The van der Waals surface area contributed by atoms with Gasteiger partial charge in [-0.3, -0.25) is 13.8 Å². The second-order valence-corrected chi connectivity index (χ2v) is 6.98. The molecule has 0 unspecified atom stereocenters. The summed E-state index contributed by atoms with van der Waals surface area (Å²) in [6.07, 6.45) is -0.905. The average molecular weight is 309 g/mol. The van der Waals surface area contributed by atoms with Crippen LogP contribution >= 0.6 is 7.75 Å². The van der Waals surface area contributed by atoms with Crippen molar-refractivity contribution in [2.45, 2.75) is 47.1 Å². The first-order chi connectivity index (χ1) is 9.05. The van der Waals surface area contributed by atoms with Gasteiger partial charge >= 0.3 is 13.8 Å². The highest BCUT2D eigenvalue weighted by molar-refractivity contribution is 7.52. The Labute approximate surface area is 120 Å². The van der Waals surface area contributed by atoms with E-state index in [4.69, 9.17) is 13.8 Å². The number of hydrogen-bond acceptors (Lipinski definition) is 6. The first-order valence-electron chi connectivity index (χ1n) is 6.45. The van der Waals surface area contributed by atoms with Crippen molar-refractivity contribution in [3.05, 3.63) is 0 Å². The van der Waals surface area contributed by atoms with Gasteiger partial charge in [-0.1, -0.05) is 0 Å². The highest BCUT2D eigenvalue weighted by atomic mass is 31.2. The molecule has 1 amide bonds. The van der Waals surface area contributed by atoms with E-state index in [-0.39, 0.29) is 19.0 Å². The number of amides is 1. The third-order valence-corrected chi connectivity index (χ3v) is 3.92. The molecule has 20 heavy (non-hydrogen) atoms. The summed E-state index contributed by atoms with van der Waals surface area (Å²) in [7, 11) is -3.89. The van der Waals surface area contributed by atoms with Crippen molar-refractivity contribution in [1.82, 2.24) is 4.67 Å². The van der Waals surface area contributed by atoms with Crippen LogP contribution in [0.2, 0.25) is 0 Å². The van der Waals surface area contributed by atoms with E-state index < -0.39 is 26.0 Å². The Morgan fingerprint density at radius 3 is 1.85 bits per heavy atom. The lowest BCUT2D eigenvalue weighted by Gasteiger charge is -2.30.